The predicted octanol–water partition coefficient (Wildman–Crippen LogP) is 4.24. The van der Waals surface area contributed by atoms with Crippen LogP contribution in [0.4, 0.5) is 0 Å². The van der Waals surface area contributed by atoms with Gasteiger partial charge in [0.25, 0.3) is 0 Å². The third kappa shape index (κ3) is 4.74. The molecule has 9 nitrogen and oxygen atoms in total. The fraction of sp³-hybridized carbons (Fsp3) is 0.192. The first-order valence-corrected chi connectivity index (χ1v) is 11.1. The number of carbonyl (C=O) groups excluding carboxylic acids is 1. The van der Waals surface area contributed by atoms with Crippen molar-refractivity contribution in [3.63, 3.8) is 0 Å². The van der Waals surface area contributed by atoms with Crippen LogP contribution >= 0.6 is 0 Å². The Balaban J connectivity index is 1.34. The number of rotatable bonds is 7. The van der Waals surface area contributed by atoms with Gasteiger partial charge in [-0.25, -0.2) is 4.79 Å². The first-order valence-electron chi connectivity index (χ1n) is 11.1. The van der Waals surface area contributed by atoms with Crippen LogP contribution in [0.25, 0.3) is 12.1 Å². The van der Waals surface area contributed by atoms with Crippen molar-refractivity contribution in [2.24, 2.45) is 0 Å². The minimum absolute atomic E-state index is 0.0458. The molecule has 0 bridgehead atoms. The molecular weight excluding hydrogens is 450 g/mol. The number of fused-ring (bicyclic) bond motifs is 1. The molecule has 35 heavy (non-hydrogen) atoms. The van der Waals surface area contributed by atoms with Gasteiger partial charge in [-0.1, -0.05) is 0 Å². The third-order valence-corrected chi connectivity index (χ3v) is 5.86. The number of oxazole rings is 1. The molecule has 0 aliphatic carbocycles. The lowest BCUT2D eigenvalue weighted by Crippen LogP contribution is -2.35. The van der Waals surface area contributed by atoms with Crippen LogP contribution in [0.3, 0.4) is 0 Å². The van der Waals surface area contributed by atoms with Crippen molar-refractivity contribution < 1.29 is 28.3 Å². The lowest BCUT2D eigenvalue weighted by Gasteiger charge is -2.29. The number of hydrogen-bond acceptors (Lipinski definition) is 6. The monoisotopic (exact) mass is 473 g/mol. The second kappa shape index (κ2) is 9.38. The molecule has 4 aromatic rings. The molecule has 178 valence electrons. The van der Waals surface area contributed by atoms with Gasteiger partial charge in [0.2, 0.25) is 5.91 Å². The number of aromatic nitrogens is 2. The van der Waals surface area contributed by atoms with E-state index in [1.807, 2.05) is 24.5 Å². The van der Waals surface area contributed by atoms with Gasteiger partial charge in [0, 0.05) is 31.6 Å². The van der Waals surface area contributed by atoms with Crippen molar-refractivity contribution in [2.75, 3.05) is 6.54 Å². The fourth-order valence-electron chi connectivity index (χ4n) is 3.97. The molecule has 9 heteroatoms. The van der Waals surface area contributed by atoms with E-state index in [1.165, 1.54) is 6.08 Å². The number of aryl methyl sites for hydroxylation is 1. The second-order valence-electron chi connectivity index (χ2n) is 8.16. The molecule has 5 rings (SSSR count). The summed E-state index contributed by atoms with van der Waals surface area (Å²) in [5.74, 6) is 0.186. The van der Waals surface area contributed by atoms with Gasteiger partial charge < -0.3 is 23.6 Å². The molecule has 1 aliphatic rings. The molecular formula is C26H23N3O6. The number of amides is 1. The maximum atomic E-state index is 12.7. The summed E-state index contributed by atoms with van der Waals surface area (Å²) >= 11 is 0. The van der Waals surface area contributed by atoms with Crippen molar-refractivity contribution in [3.05, 3.63) is 95.0 Å². The highest BCUT2D eigenvalue weighted by Crippen LogP contribution is 2.29. The Kier molecular flexibility index (Phi) is 5.97. The van der Waals surface area contributed by atoms with E-state index in [0.29, 0.717) is 42.7 Å². The number of ether oxygens (including phenoxy) is 1. The summed E-state index contributed by atoms with van der Waals surface area (Å²) < 4.78 is 18.6. The number of carboxylic acid groups (broad SMARTS) is 1. The molecule has 0 radical (unpaired) electrons. The number of furan rings is 1. The molecule has 1 aromatic carbocycles. The fourth-order valence-corrected chi connectivity index (χ4v) is 3.97. The minimum atomic E-state index is -1.08. The first kappa shape index (κ1) is 22.3. The van der Waals surface area contributed by atoms with Gasteiger partial charge in [0.1, 0.15) is 35.1 Å². The first-order chi connectivity index (χ1) is 17.0. The smallest absolute Gasteiger partial charge is 0.339 e. The lowest BCUT2D eigenvalue weighted by atomic mass is 9.96. The van der Waals surface area contributed by atoms with Crippen LogP contribution in [0.2, 0.25) is 0 Å². The molecule has 0 saturated heterocycles. The van der Waals surface area contributed by atoms with E-state index in [0.717, 1.165) is 11.1 Å². The Morgan fingerprint density at radius 1 is 1.20 bits per heavy atom. The maximum absolute atomic E-state index is 12.7. The molecule has 0 fully saturated rings. The van der Waals surface area contributed by atoms with E-state index in [4.69, 9.17) is 13.6 Å². The predicted molar refractivity (Wildman–Crippen MR) is 125 cm³/mol. The maximum Gasteiger partial charge on any atom is 0.339 e. The Hall–Kier alpha value is -4.53. The van der Waals surface area contributed by atoms with E-state index in [9.17, 15) is 14.7 Å². The number of nitrogens with zero attached hydrogens (tertiary/aromatic N) is 3. The van der Waals surface area contributed by atoms with E-state index < -0.39 is 5.97 Å². The number of aromatic carboxylic acids is 1. The van der Waals surface area contributed by atoms with Crippen LogP contribution in [-0.4, -0.2) is 38.0 Å². The summed E-state index contributed by atoms with van der Waals surface area (Å²) in [4.78, 5) is 30.7. The van der Waals surface area contributed by atoms with Crippen LogP contribution in [0, 0.1) is 6.92 Å². The minimum Gasteiger partial charge on any atom is -0.486 e. The van der Waals surface area contributed by atoms with Gasteiger partial charge in [0.15, 0.2) is 0 Å². The molecule has 0 atom stereocenters. The number of carboxylic acids is 1. The van der Waals surface area contributed by atoms with Crippen molar-refractivity contribution in [3.8, 4) is 11.8 Å². The average Bonchev–Trinajstić information content (AvgIpc) is 3.62. The van der Waals surface area contributed by atoms with Gasteiger partial charge in [-0.05, 0) is 66.9 Å². The van der Waals surface area contributed by atoms with Gasteiger partial charge in [-0.2, -0.15) is 4.98 Å². The van der Waals surface area contributed by atoms with Crippen molar-refractivity contribution in [1.82, 2.24) is 14.5 Å². The highest BCUT2D eigenvalue weighted by molar-refractivity contribution is 5.92. The third-order valence-electron chi connectivity index (χ3n) is 5.86. The molecule has 3 aromatic heterocycles. The Bertz CT molecular complexity index is 1380. The quantitative estimate of drug-likeness (QED) is 0.400. The lowest BCUT2D eigenvalue weighted by molar-refractivity contribution is -0.126. The largest absolute Gasteiger partial charge is 0.486 e. The molecule has 0 spiro atoms. The van der Waals surface area contributed by atoms with E-state index in [-0.39, 0.29) is 23.8 Å². The Morgan fingerprint density at radius 3 is 2.77 bits per heavy atom. The molecule has 4 heterocycles. The number of hydrogen-bond donors (Lipinski definition) is 1. The molecule has 1 N–H and O–H groups in total. The summed E-state index contributed by atoms with van der Waals surface area (Å²) in [5, 5.41) is 9.75. The van der Waals surface area contributed by atoms with Crippen molar-refractivity contribution >= 4 is 18.0 Å². The summed E-state index contributed by atoms with van der Waals surface area (Å²) in [6, 6.07) is 11.0. The Labute approximate surface area is 200 Å². The van der Waals surface area contributed by atoms with Crippen LogP contribution in [0.5, 0.6) is 5.75 Å². The van der Waals surface area contributed by atoms with Crippen molar-refractivity contribution in [2.45, 2.75) is 26.5 Å². The topological polar surface area (TPSA) is 111 Å². The van der Waals surface area contributed by atoms with Crippen LogP contribution < -0.4 is 4.74 Å². The van der Waals surface area contributed by atoms with Crippen LogP contribution in [-0.2, 0) is 24.4 Å². The van der Waals surface area contributed by atoms with E-state index >= 15 is 0 Å². The summed E-state index contributed by atoms with van der Waals surface area (Å²) in [6.07, 6.45) is 8.84. The van der Waals surface area contributed by atoms with Crippen LogP contribution in [0.15, 0.2) is 70.0 Å². The summed E-state index contributed by atoms with van der Waals surface area (Å²) in [7, 11) is 0. The number of benzene rings is 1. The van der Waals surface area contributed by atoms with Gasteiger partial charge >= 0.3 is 12.0 Å². The SMILES string of the molecule is Cc1oc(-n2cccc2)nc1COc1cc2c(cc1C(=O)O)CCN(C(=O)/C=C/c1ccco1)C2. The molecule has 1 aliphatic heterocycles. The van der Waals surface area contributed by atoms with E-state index in [2.05, 4.69) is 4.98 Å². The zero-order chi connectivity index (χ0) is 24.4. The van der Waals surface area contributed by atoms with Gasteiger partial charge in [0.05, 0.1) is 6.26 Å². The molecule has 1 amide bonds. The van der Waals surface area contributed by atoms with Gasteiger partial charge in [-0.15, -0.1) is 0 Å². The number of carbonyl (C=O) groups is 2. The van der Waals surface area contributed by atoms with Crippen LogP contribution in [0.1, 0.15) is 38.7 Å². The highest BCUT2D eigenvalue weighted by atomic mass is 16.5. The van der Waals surface area contributed by atoms with Crippen molar-refractivity contribution in [1.29, 1.82) is 0 Å². The zero-order valence-corrected chi connectivity index (χ0v) is 19.0. The Morgan fingerprint density at radius 2 is 2.03 bits per heavy atom. The standard InChI is InChI=1S/C26H23N3O6/c1-17-22(27-26(35-17)28-9-2-3-10-28)16-34-23-14-19-15-29(11-8-18(19)13-21(23)25(31)32)24(30)7-6-20-5-4-12-33-20/h2-7,9-10,12-14H,8,11,15-16H2,1H3,(H,31,32)/b7-6+. The summed E-state index contributed by atoms with van der Waals surface area (Å²) in [6.45, 7) is 2.68. The van der Waals surface area contributed by atoms with E-state index in [1.54, 1.807) is 53.0 Å². The normalized spacial score (nSPS) is 13.2. The second-order valence-corrected chi connectivity index (χ2v) is 8.16. The molecule has 0 unspecified atom stereocenters. The molecule has 0 saturated carbocycles. The summed E-state index contributed by atoms with van der Waals surface area (Å²) in [5.41, 5.74) is 2.39. The highest BCUT2D eigenvalue weighted by Gasteiger charge is 2.24. The van der Waals surface area contributed by atoms with Gasteiger partial charge in [-0.3, -0.25) is 9.36 Å². The zero-order valence-electron chi connectivity index (χ0n) is 19.0. The average molecular weight is 473 g/mol.